The van der Waals surface area contributed by atoms with E-state index in [-0.39, 0.29) is 89.3 Å². The van der Waals surface area contributed by atoms with E-state index in [0.717, 1.165) is 55.7 Å². The van der Waals surface area contributed by atoms with Gasteiger partial charge in [-0.05, 0) is 122 Å². The average Bonchev–Trinajstić information content (AvgIpc) is 4.20. The Kier molecular flexibility index (Phi) is 37.2. The largest absolute Gasteiger partial charge is 3.00 e. The van der Waals surface area contributed by atoms with E-state index < -0.39 is 16.4 Å². The zero-order valence-electron chi connectivity index (χ0n) is 46.5. The van der Waals surface area contributed by atoms with Crippen LogP contribution < -0.4 is 53.9 Å². The van der Waals surface area contributed by atoms with Gasteiger partial charge in [-0.1, -0.05) is 37.0 Å². The normalized spacial score (nSPS) is 15.5. The number of amides is 6. The minimum Gasteiger partial charge on any atom is -1.00 e. The quantitative estimate of drug-likeness (QED) is 0.0239. The summed E-state index contributed by atoms with van der Waals surface area (Å²) < 4.78 is 14.6. The third-order valence-corrected chi connectivity index (χ3v) is 12.0. The van der Waals surface area contributed by atoms with E-state index >= 15 is 0 Å². The average molecular weight is 1270 g/mol. The van der Waals surface area contributed by atoms with E-state index in [1.807, 2.05) is 38.1 Å². The van der Waals surface area contributed by atoms with Gasteiger partial charge >= 0.3 is 28.0 Å². The molecule has 0 bridgehead atoms. The van der Waals surface area contributed by atoms with Crippen LogP contribution in [0.2, 0.25) is 10.0 Å². The standard InChI is InChI=1S/C22H23ClN4O4.C11H13ClN2O.C10H12N2O2.C7H4ClNO4.2C3H7.C2H5.ClH.Ni/c23-15-3-5-16(6-4-15)24-21(29)19-2-1-11-27(19)22(30)25-17-7-9-18(10-8-17)26-12-13-31-14-20(26)28;12-8-3-5-9(6-4-8)14-11(15)10-2-1-7-13-10;11-8-1-3-9(4-2-8)12-5-6-14-7-10(12)13;8-7(10)13-6-3-1-5(2-4-6)9(11)12;2*1-3-2;1-2;;/h3-10,19H,1-2,11-14H2,(H,24,29)(H,25,30);3-6,10,13H,1-2,7H2,(H,14,15);1-4H,5-7,11H2;1-4H;2*1,3H2,2H3;1H2,2H3;1H;/q;;;;3*-1;;+3/t19-;10-;;;;;;;/m11......./s1. The summed E-state index contributed by atoms with van der Waals surface area (Å²) in [6.07, 6.45) is 5.45. The van der Waals surface area contributed by atoms with Gasteiger partial charge in [0.2, 0.25) is 5.91 Å². The molecular formula is C58H72Cl4N9NiO11. The van der Waals surface area contributed by atoms with Gasteiger partial charge < -0.3 is 89.1 Å². The van der Waals surface area contributed by atoms with Crippen molar-refractivity contribution in [3.05, 3.63) is 162 Å². The number of nitrogens with two attached hydrogens (primary N) is 2. The van der Waals surface area contributed by atoms with Crippen LogP contribution in [0.4, 0.5) is 49.4 Å². The molecule has 0 aromatic heterocycles. The number of nitrogens with zero attached hydrogens (tertiary/aromatic N) is 4. The third kappa shape index (κ3) is 27.1. The van der Waals surface area contributed by atoms with Crippen molar-refractivity contribution in [2.24, 2.45) is 0 Å². The van der Waals surface area contributed by atoms with Crippen LogP contribution in [-0.2, 0) is 45.1 Å². The van der Waals surface area contributed by atoms with Gasteiger partial charge in [0.25, 0.3) is 23.4 Å². The zero-order valence-corrected chi connectivity index (χ0v) is 50.5. The molecule has 0 saturated carbocycles. The van der Waals surface area contributed by atoms with Gasteiger partial charge in [0.15, 0.2) is 6.04 Å². The number of rotatable bonds is 9. The molecule has 5 aromatic carbocycles. The molecule has 0 unspecified atom stereocenters. The molecule has 83 heavy (non-hydrogen) atoms. The summed E-state index contributed by atoms with van der Waals surface area (Å²) in [5, 5.41) is 22.1. The number of nitro groups is 1. The number of nitrogen functional groups attached to an aromatic ring is 1. The summed E-state index contributed by atoms with van der Waals surface area (Å²) in [6, 6.07) is 32.6. The van der Waals surface area contributed by atoms with Crippen LogP contribution in [0.15, 0.2) is 121 Å². The summed E-state index contributed by atoms with van der Waals surface area (Å²) in [7, 11) is 0. The van der Waals surface area contributed by atoms with Gasteiger partial charge in [0.1, 0.15) is 25.0 Å². The Morgan fingerprint density at radius 3 is 1.54 bits per heavy atom. The summed E-state index contributed by atoms with van der Waals surface area (Å²) in [4.78, 5) is 85.5. The number of halogens is 4. The van der Waals surface area contributed by atoms with Crippen molar-refractivity contribution in [2.45, 2.75) is 71.4 Å². The van der Waals surface area contributed by atoms with Gasteiger partial charge in [-0.15, -0.1) is 0 Å². The molecule has 4 fully saturated rings. The first-order valence-electron chi connectivity index (χ1n) is 26.1. The molecule has 453 valence electrons. The van der Waals surface area contributed by atoms with Crippen LogP contribution in [0.1, 0.15) is 59.3 Å². The van der Waals surface area contributed by atoms with Crippen molar-refractivity contribution in [1.82, 2.24) is 4.90 Å². The maximum atomic E-state index is 12.8. The first-order valence-corrected chi connectivity index (χ1v) is 27.3. The van der Waals surface area contributed by atoms with E-state index in [1.165, 1.54) is 24.3 Å². The summed E-state index contributed by atoms with van der Waals surface area (Å²) in [5.41, 5.74) is 8.89. The number of anilines is 6. The molecule has 7 N–H and O–H groups in total. The first-order chi connectivity index (χ1) is 39.0. The van der Waals surface area contributed by atoms with E-state index in [4.69, 9.17) is 50.0 Å². The first kappa shape index (κ1) is 74.5. The molecule has 4 aliphatic rings. The minimum absolute atomic E-state index is 0. The molecule has 4 saturated heterocycles. The second kappa shape index (κ2) is 41.4. The molecular weight excluding hydrogens is 1200 g/mol. The number of carbonyl (C=O) groups is 6. The van der Waals surface area contributed by atoms with Crippen molar-refractivity contribution in [3.8, 4) is 5.75 Å². The predicted octanol–water partition coefficient (Wildman–Crippen LogP) is 7.61. The summed E-state index contributed by atoms with van der Waals surface area (Å²) in [5.74, 6) is -0.0489. The maximum Gasteiger partial charge on any atom is 3.00 e. The van der Waals surface area contributed by atoms with Crippen LogP contribution >= 0.6 is 34.8 Å². The van der Waals surface area contributed by atoms with E-state index in [9.17, 15) is 38.9 Å². The number of hydrogen-bond acceptors (Lipinski definition) is 12. The fourth-order valence-corrected chi connectivity index (χ4v) is 8.05. The van der Waals surface area contributed by atoms with E-state index in [0.29, 0.717) is 66.4 Å². The number of morpholine rings is 2. The van der Waals surface area contributed by atoms with Crippen LogP contribution in [0.3, 0.4) is 0 Å². The van der Waals surface area contributed by atoms with Crippen molar-refractivity contribution in [1.29, 1.82) is 0 Å². The number of hydrogen-bond donors (Lipinski definition) is 5. The van der Waals surface area contributed by atoms with Crippen molar-refractivity contribution in [3.63, 3.8) is 0 Å². The number of quaternary nitrogens is 1. The van der Waals surface area contributed by atoms with Crippen LogP contribution in [-0.4, -0.2) is 110 Å². The molecule has 9 rings (SSSR count). The molecule has 0 aliphatic carbocycles. The number of likely N-dealkylation sites (tertiary alicyclic amines) is 1. The third-order valence-electron chi connectivity index (χ3n) is 11.4. The number of carbonyl (C=O) groups excluding carboxylic acids is 6. The topological polar surface area (TPSA) is 262 Å². The van der Waals surface area contributed by atoms with Gasteiger partial charge in [-0.3, -0.25) is 29.3 Å². The Morgan fingerprint density at radius 2 is 1.12 bits per heavy atom. The number of non-ortho nitro benzene ring substituents is 1. The van der Waals surface area contributed by atoms with Gasteiger partial charge in [-0.25, -0.2) is 9.59 Å². The monoisotopic (exact) mass is 1270 g/mol. The van der Waals surface area contributed by atoms with Gasteiger partial charge in [0, 0.05) is 100 Å². The van der Waals surface area contributed by atoms with Gasteiger partial charge in [-0.2, -0.15) is 19.8 Å². The predicted molar refractivity (Wildman–Crippen MR) is 320 cm³/mol. The van der Waals surface area contributed by atoms with Crippen LogP contribution in [0, 0.1) is 30.9 Å². The number of benzene rings is 5. The Morgan fingerprint density at radius 1 is 0.687 bits per heavy atom. The van der Waals surface area contributed by atoms with Crippen molar-refractivity contribution < 1.29 is 82.1 Å². The van der Waals surface area contributed by atoms with E-state index in [1.54, 1.807) is 94.4 Å². The molecule has 4 aliphatic heterocycles. The smallest absolute Gasteiger partial charge is 1.00 e. The number of urea groups is 1. The zero-order chi connectivity index (χ0) is 59.7. The Balaban J connectivity index is 0.000000562. The van der Waals surface area contributed by atoms with Crippen LogP contribution in [0.5, 0.6) is 5.75 Å². The molecule has 2 atom stereocenters. The molecule has 0 spiro atoms. The minimum atomic E-state index is -0.978. The number of nitrogens with one attached hydrogen (secondary N) is 3. The molecule has 6 amide bonds. The second-order valence-corrected chi connectivity index (χ2v) is 18.7. The molecule has 20 nitrogen and oxygen atoms in total. The fraction of sp³-hybridized carbons (Fsp3) is 0.328. The number of ether oxygens (including phenoxy) is 3. The SMILES string of the molecule is Nc1ccc(N2CCOCC2=O)cc1.O=C(Cl)Oc1ccc([N+](=O)[O-])cc1.O=C(Nc1ccc(Cl)cc1)[C@H]1CCCN1C(=O)Nc1ccc(N2CCOCC2=O)cc1.O=C(Nc1ccc(Cl)cc1)[C@H]1CCC[NH2+]1.[CH2-]C.[CH2-]CC.[CH2-]CC.[Cl-].[Ni+3]. The summed E-state index contributed by atoms with van der Waals surface area (Å²) in [6.45, 7) is 20.0. The molecule has 1 radical (unpaired) electrons. The van der Waals surface area contributed by atoms with Gasteiger partial charge in [0.05, 0.1) is 24.7 Å². The Labute approximate surface area is 517 Å². The fourth-order valence-electron chi connectivity index (χ4n) is 7.71. The Bertz CT molecular complexity index is 2730. The van der Waals surface area contributed by atoms with E-state index in [2.05, 4.69) is 46.8 Å². The number of nitro benzene ring substituents is 1. The molecule has 25 heteroatoms. The molecule has 5 aromatic rings. The second-order valence-electron chi connectivity index (χ2n) is 17.5. The molecule has 4 heterocycles. The Hall–Kier alpha value is -6.55. The van der Waals surface area contributed by atoms with Crippen molar-refractivity contribution in [2.75, 3.05) is 84.1 Å². The summed E-state index contributed by atoms with van der Waals surface area (Å²) >= 11 is 16.6. The van der Waals surface area contributed by atoms with Crippen LogP contribution in [0.25, 0.3) is 0 Å². The van der Waals surface area contributed by atoms with Crippen molar-refractivity contribution >= 4 is 110 Å². The maximum absolute atomic E-state index is 12.8.